The van der Waals surface area contributed by atoms with E-state index < -0.39 is 0 Å². The van der Waals surface area contributed by atoms with Crippen LogP contribution in [0.1, 0.15) is 36.5 Å². The van der Waals surface area contributed by atoms with Crippen LogP contribution in [0.3, 0.4) is 0 Å². The molecule has 3 N–H and O–H groups in total. The van der Waals surface area contributed by atoms with Crippen LogP contribution in [0.2, 0.25) is 0 Å². The molecular weight excluding hydrogens is 318 g/mol. The maximum Gasteiger partial charge on any atom is 0.225 e. The molecule has 1 saturated heterocycles. The third-order valence-electron chi connectivity index (χ3n) is 5.04. The van der Waals surface area contributed by atoms with E-state index in [4.69, 9.17) is 10.5 Å². The molecule has 0 aliphatic carbocycles. The third kappa shape index (κ3) is 4.38. The highest BCUT2D eigenvalue weighted by molar-refractivity contribution is 5.81. The Balaban J connectivity index is 1.59. The van der Waals surface area contributed by atoms with Crippen molar-refractivity contribution in [2.45, 2.75) is 31.8 Å². The molecule has 0 saturated carbocycles. The van der Waals surface area contributed by atoms with Crippen LogP contribution in [0.15, 0.2) is 24.3 Å². The second-order valence-electron chi connectivity index (χ2n) is 6.77. The summed E-state index contributed by atoms with van der Waals surface area (Å²) in [4.78, 5) is 26.7. The number of nitrogens with zero attached hydrogens (tertiary/aromatic N) is 1. The summed E-state index contributed by atoms with van der Waals surface area (Å²) in [5, 5.41) is 2.83. The molecule has 6 heteroatoms. The molecule has 1 aromatic rings. The molecule has 2 unspecified atom stereocenters. The molecule has 1 fully saturated rings. The van der Waals surface area contributed by atoms with Gasteiger partial charge in [0.25, 0.3) is 0 Å². The smallest absolute Gasteiger partial charge is 0.225 e. The van der Waals surface area contributed by atoms with E-state index in [2.05, 4.69) is 11.4 Å². The number of hydrogen-bond donors (Lipinski definition) is 2. The lowest BCUT2D eigenvalue weighted by Gasteiger charge is -2.34. The molecule has 6 nitrogen and oxygen atoms in total. The highest BCUT2D eigenvalue weighted by Gasteiger charge is 2.31. The van der Waals surface area contributed by atoms with Crippen molar-refractivity contribution in [3.05, 3.63) is 35.4 Å². The quantitative estimate of drug-likeness (QED) is 0.834. The van der Waals surface area contributed by atoms with Crippen LogP contribution >= 0.6 is 0 Å². The van der Waals surface area contributed by atoms with Crippen molar-refractivity contribution in [2.75, 3.05) is 32.8 Å². The molecule has 136 valence electrons. The maximum atomic E-state index is 12.8. The summed E-state index contributed by atoms with van der Waals surface area (Å²) in [6.07, 6.45) is 2.74. The summed E-state index contributed by atoms with van der Waals surface area (Å²) >= 11 is 0. The van der Waals surface area contributed by atoms with Gasteiger partial charge in [-0.2, -0.15) is 0 Å². The van der Waals surface area contributed by atoms with E-state index in [0.717, 1.165) is 24.8 Å². The normalized spacial score (nSPS) is 23.0. The lowest BCUT2D eigenvalue weighted by atomic mass is 9.94. The van der Waals surface area contributed by atoms with Crippen LogP contribution in [-0.2, 0) is 20.7 Å². The van der Waals surface area contributed by atoms with E-state index >= 15 is 0 Å². The molecule has 2 aliphatic rings. The minimum Gasteiger partial charge on any atom is -0.373 e. The predicted molar refractivity (Wildman–Crippen MR) is 94.8 cm³/mol. The zero-order chi connectivity index (χ0) is 17.6. The van der Waals surface area contributed by atoms with Gasteiger partial charge in [0.05, 0.1) is 25.0 Å². The number of benzene rings is 1. The number of carbonyl (C=O) groups excluding carboxylic acids is 2. The first-order valence-electron chi connectivity index (χ1n) is 9.14. The van der Waals surface area contributed by atoms with Gasteiger partial charge in [0.15, 0.2) is 0 Å². The molecule has 3 rings (SSSR count). The number of rotatable bonds is 5. The number of piperidine rings is 1. The van der Waals surface area contributed by atoms with E-state index in [9.17, 15) is 9.59 Å². The van der Waals surface area contributed by atoms with Crippen LogP contribution in [0.25, 0.3) is 0 Å². The monoisotopic (exact) mass is 345 g/mol. The lowest BCUT2D eigenvalue weighted by Crippen LogP contribution is -2.46. The molecule has 0 bridgehead atoms. The average Bonchev–Trinajstić information content (AvgIpc) is 2.66. The van der Waals surface area contributed by atoms with Crippen molar-refractivity contribution < 1.29 is 14.3 Å². The second-order valence-corrected chi connectivity index (χ2v) is 6.77. The minimum atomic E-state index is -0.177. The van der Waals surface area contributed by atoms with Gasteiger partial charge in [-0.05, 0) is 30.4 Å². The molecule has 1 aromatic carbocycles. The van der Waals surface area contributed by atoms with E-state index in [-0.39, 0.29) is 23.8 Å². The van der Waals surface area contributed by atoms with Gasteiger partial charge in [0.2, 0.25) is 11.8 Å². The Kier molecular flexibility index (Phi) is 6.04. The van der Waals surface area contributed by atoms with E-state index in [1.54, 1.807) is 0 Å². The van der Waals surface area contributed by atoms with Gasteiger partial charge >= 0.3 is 0 Å². The standard InChI is InChI=1S/C19H27N3O3/c20-8-9-21-19(24)15-5-3-10-22(13-15)18(23)12-17-16-6-2-1-4-14(16)7-11-25-17/h1-2,4,6,15,17H,3,5,7-13,20H2,(H,21,24). The Morgan fingerprint density at radius 2 is 2.16 bits per heavy atom. The van der Waals surface area contributed by atoms with Crippen molar-refractivity contribution in [1.82, 2.24) is 10.2 Å². The number of nitrogens with one attached hydrogen (secondary N) is 1. The third-order valence-corrected chi connectivity index (χ3v) is 5.04. The van der Waals surface area contributed by atoms with Crippen molar-refractivity contribution in [1.29, 1.82) is 0 Å². The number of likely N-dealkylation sites (tertiary alicyclic amines) is 1. The lowest BCUT2D eigenvalue weighted by molar-refractivity contribution is -0.138. The fourth-order valence-corrected chi connectivity index (χ4v) is 3.69. The molecular formula is C19H27N3O3. The average molecular weight is 345 g/mol. The number of fused-ring (bicyclic) bond motifs is 1. The van der Waals surface area contributed by atoms with Crippen LogP contribution in [0.4, 0.5) is 0 Å². The number of ether oxygens (including phenoxy) is 1. The molecule has 0 aromatic heterocycles. The van der Waals surface area contributed by atoms with Crippen molar-refractivity contribution in [3.63, 3.8) is 0 Å². The molecule has 2 amide bonds. The predicted octanol–water partition coefficient (Wildman–Crippen LogP) is 1.00. The van der Waals surface area contributed by atoms with Crippen LogP contribution in [0.5, 0.6) is 0 Å². The van der Waals surface area contributed by atoms with Crippen LogP contribution < -0.4 is 11.1 Å². The minimum absolute atomic E-state index is 0.00205. The topological polar surface area (TPSA) is 84.7 Å². The molecule has 0 spiro atoms. The first kappa shape index (κ1) is 17.9. The molecule has 0 radical (unpaired) electrons. The highest BCUT2D eigenvalue weighted by atomic mass is 16.5. The summed E-state index contributed by atoms with van der Waals surface area (Å²) in [7, 11) is 0. The summed E-state index contributed by atoms with van der Waals surface area (Å²) in [6, 6.07) is 8.17. The number of carbonyl (C=O) groups is 2. The molecule has 2 heterocycles. The van der Waals surface area contributed by atoms with Gasteiger partial charge in [-0.15, -0.1) is 0 Å². The number of amides is 2. The van der Waals surface area contributed by atoms with Crippen LogP contribution in [0, 0.1) is 5.92 Å². The first-order chi connectivity index (χ1) is 12.2. The summed E-state index contributed by atoms with van der Waals surface area (Å²) < 4.78 is 5.85. The SMILES string of the molecule is NCCNC(=O)C1CCCN(C(=O)CC2OCCc3ccccc32)C1. The van der Waals surface area contributed by atoms with Crippen molar-refractivity contribution in [3.8, 4) is 0 Å². The maximum absolute atomic E-state index is 12.8. The van der Waals surface area contributed by atoms with Gasteiger partial charge < -0.3 is 20.7 Å². The Morgan fingerprint density at radius 1 is 1.32 bits per heavy atom. The summed E-state index contributed by atoms with van der Waals surface area (Å²) in [6.45, 7) is 2.77. The molecule has 25 heavy (non-hydrogen) atoms. The Hall–Kier alpha value is -1.92. The van der Waals surface area contributed by atoms with Gasteiger partial charge in [-0.3, -0.25) is 9.59 Å². The van der Waals surface area contributed by atoms with E-state index in [1.807, 2.05) is 23.1 Å². The van der Waals surface area contributed by atoms with Gasteiger partial charge in [0, 0.05) is 26.2 Å². The van der Waals surface area contributed by atoms with Crippen molar-refractivity contribution in [2.24, 2.45) is 11.7 Å². The van der Waals surface area contributed by atoms with E-state index in [0.29, 0.717) is 39.2 Å². The summed E-state index contributed by atoms with van der Waals surface area (Å²) in [5.41, 5.74) is 7.82. The Labute approximate surface area is 148 Å². The van der Waals surface area contributed by atoms with Gasteiger partial charge in [-0.1, -0.05) is 24.3 Å². The number of hydrogen-bond acceptors (Lipinski definition) is 4. The highest BCUT2D eigenvalue weighted by Crippen LogP contribution is 2.30. The van der Waals surface area contributed by atoms with Crippen molar-refractivity contribution >= 4 is 11.8 Å². The molecule has 2 aliphatic heterocycles. The van der Waals surface area contributed by atoms with Gasteiger partial charge in [0.1, 0.15) is 0 Å². The fraction of sp³-hybridized carbons (Fsp3) is 0.579. The molecule has 2 atom stereocenters. The summed E-state index contributed by atoms with van der Waals surface area (Å²) in [5.74, 6) is -0.0657. The zero-order valence-corrected chi connectivity index (χ0v) is 14.6. The van der Waals surface area contributed by atoms with Gasteiger partial charge in [-0.25, -0.2) is 0 Å². The number of nitrogens with two attached hydrogens (primary N) is 1. The second kappa shape index (κ2) is 8.45. The zero-order valence-electron chi connectivity index (χ0n) is 14.6. The Bertz CT molecular complexity index is 620. The van der Waals surface area contributed by atoms with Crippen LogP contribution in [-0.4, -0.2) is 49.5 Å². The van der Waals surface area contributed by atoms with E-state index in [1.165, 1.54) is 5.56 Å². The fourth-order valence-electron chi connectivity index (χ4n) is 3.69. The first-order valence-corrected chi connectivity index (χ1v) is 9.14. The largest absolute Gasteiger partial charge is 0.373 e. The Morgan fingerprint density at radius 3 is 3.00 bits per heavy atom.